The van der Waals surface area contributed by atoms with Gasteiger partial charge in [0.2, 0.25) is 0 Å². The molecule has 0 bridgehead atoms. The molecule has 1 aromatic rings. The predicted molar refractivity (Wildman–Crippen MR) is 50.1 cm³/mol. The topological polar surface area (TPSA) is 52.0 Å². The molecule has 0 aromatic heterocycles. The molecule has 11 heavy (non-hydrogen) atoms. The number of hydrogen-bond acceptors (Lipinski definition) is 2. The molecule has 0 fully saturated rings. The molecule has 58 valence electrons. The zero-order valence-corrected chi connectivity index (χ0v) is 6.59. The van der Waals surface area contributed by atoms with Crippen LogP contribution >= 0.6 is 0 Å². The molecule has 4 N–H and O–H groups in total. The van der Waals surface area contributed by atoms with Gasteiger partial charge >= 0.3 is 0 Å². The minimum absolute atomic E-state index is 0.616. The maximum atomic E-state index is 5.70. The molecule has 1 rings (SSSR count). The van der Waals surface area contributed by atoms with Gasteiger partial charge in [-0.1, -0.05) is 18.7 Å². The van der Waals surface area contributed by atoms with Gasteiger partial charge in [-0.05, 0) is 18.6 Å². The molecule has 2 heteroatoms. The fourth-order valence-corrected chi connectivity index (χ4v) is 1.03. The van der Waals surface area contributed by atoms with Gasteiger partial charge in [-0.15, -0.1) is 0 Å². The summed E-state index contributed by atoms with van der Waals surface area (Å²) in [6, 6.07) is 3.74. The van der Waals surface area contributed by atoms with Crippen LogP contribution in [-0.4, -0.2) is 0 Å². The molecule has 0 unspecified atom stereocenters. The van der Waals surface area contributed by atoms with Crippen molar-refractivity contribution in [2.45, 2.75) is 6.92 Å². The number of rotatable bonds is 1. The van der Waals surface area contributed by atoms with Gasteiger partial charge in [-0.2, -0.15) is 0 Å². The molecule has 2 nitrogen and oxygen atoms in total. The summed E-state index contributed by atoms with van der Waals surface area (Å²) in [6.07, 6.45) is 1.72. The Bertz CT molecular complexity index is 290. The second-order valence-electron chi connectivity index (χ2n) is 2.50. The Kier molecular flexibility index (Phi) is 1.85. The molecule has 0 aliphatic heterocycles. The molecule has 0 saturated carbocycles. The van der Waals surface area contributed by atoms with Gasteiger partial charge in [0.05, 0.1) is 11.4 Å². The number of nitrogens with two attached hydrogens (primary N) is 2. The van der Waals surface area contributed by atoms with E-state index in [1.165, 1.54) is 0 Å². The van der Waals surface area contributed by atoms with Crippen molar-refractivity contribution in [2.24, 2.45) is 0 Å². The van der Waals surface area contributed by atoms with E-state index in [0.29, 0.717) is 11.4 Å². The average molecular weight is 148 g/mol. The van der Waals surface area contributed by atoms with Crippen LogP contribution in [0.25, 0.3) is 6.08 Å². The Morgan fingerprint density at radius 3 is 2.45 bits per heavy atom. The smallest absolute Gasteiger partial charge is 0.0623 e. The lowest BCUT2D eigenvalue weighted by atomic mass is 10.1. The Labute approximate surface area is 66.5 Å². The van der Waals surface area contributed by atoms with E-state index in [1.807, 2.05) is 13.0 Å². The maximum absolute atomic E-state index is 5.70. The summed E-state index contributed by atoms with van der Waals surface area (Å²) < 4.78 is 0. The van der Waals surface area contributed by atoms with Crippen LogP contribution < -0.4 is 11.5 Å². The SMILES string of the molecule is C=Cc1c(C)ccc(N)c1N. The van der Waals surface area contributed by atoms with E-state index in [-0.39, 0.29) is 0 Å². The fourth-order valence-electron chi connectivity index (χ4n) is 1.03. The summed E-state index contributed by atoms with van der Waals surface area (Å²) in [4.78, 5) is 0. The highest BCUT2D eigenvalue weighted by Crippen LogP contribution is 2.23. The minimum Gasteiger partial charge on any atom is -0.397 e. The highest BCUT2D eigenvalue weighted by molar-refractivity contribution is 5.77. The number of benzene rings is 1. The quantitative estimate of drug-likeness (QED) is 0.597. The van der Waals surface area contributed by atoms with Gasteiger partial charge in [-0.3, -0.25) is 0 Å². The van der Waals surface area contributed by atoms with E-state index in [4.69, 9.17) is 11.5 Å². The number of hydrogen-bond donors (Lipinski definition) is 2. The van der Waals surface area contributed by atoms with Crippen molar-refractivity contribution in [3.8, 4) is 0 Å². The van der Waals surface area contributed by atoms with Crippen LogP contribution in [0.2, 0.25) is 0 Å². The zero-order chi connectivity index (χ0) is 8.43. The number of anilines is 2. The summed E-state index contributed by atoms with van der Waals surface area (Å²) in [5.41, 5.74) is 14.6. The first-order valence-electron chi connectivity index (χ1n) is 3.43. The molecule has 0 aliphatic carbocycles. The molecular formula is C9H12N2. The van der Waals surface area contributed by atoms with Crippen molar-refractivity contribution in [3.63, 3.8) is 0 Å². The van der Waals surface area contributed by atoms with E-state index >= 15 is 0 Å². The van der Waals surface area contributed by atoms with Crippen molar-refractivity contribution >= 4 is 17.5 Å². The average Bonchev–Trinajstić information content (AvgIpc) is 1.99. The second kappa shape index (κ2) is 2.66. The summed E-state index contributed by atoms with van der Waals surface area (Å²) >= 11 is 0. The lowest BCUT2D eigenvalue weighted by Crippen LogP contribution is -1.98. The van der Waals surface area contributed by atoms with Crippen molar-refractivity contribution in [1.82, 2.24) is 0 Å². The molecule has 0 amide bonds. The molecule has 1 aromatic carbocycles. The number of aryl methyl sites for hydroxylation is 1. The van der Waals surface area contributed by atoms with Gasteiger partial charge in [0.1, 0.15) is 0 Å². The summed E-state index contributed by atoms with van der Waals surface area (Å²) in [5.74, 6) is 0. The first-order chi connectivity index (χ1) is 5.16. The molecular weight excluding hydrogens is 136 g/mol. The second-order valence-corrected chi connectivity index (χ2v) is 2.50. The van der Waals surface area contributed by atoms with E-state index in [9.17, 15) is 0 Å². The first kappa shape index (κ1) is 7.66. The van der Waals surface area contributed by atoms with Gasteiger partial charge in [0.15, 0.2) is 0 Å². The van der Waals surface area contributed by atoms with Crippen molar-refractivity contribution < 1.29 is 0 Å². The minimum atomic E-state index is 0.616. The van der Waals surface area contributed by atoms with Crippen LogP contribution in [-0.2, 0) is 0 Å². The van der Waals surface area contributed by atoms with Crippen molar-refractivity contribution in [1.29, 1.82) is 0 Å². The molecule has 0 saturated heterocycles. The van der Waals surface area contributed by atoms with Crippen LogP contribution in [0.15, 0.2) is 18.7 Å². The summed E-state index contributed by atoms with van der Waals surface area (Å²) in [5, 5.41) is 0. The first-order valence-corrected chi connectivity index (χ1v) is 3.43. The molecule has 0 aliphatic rings. The Balaban J connectivity index is 3.40. The van der Waals surface area contributed by atoms with Crippen LogP contribution in [0.3, 0.4) is 0 Å². The normalized spacial score (nSPS) is 9.55. The monoisotopic (exact) mass is 148 g/mol. The lowest BCUT2D eigenvalue weighted by Gasteiger charge is -2.06. The van der Waals surface area contributed by atoms with Crippen LogP contribution in [0, 0.1) is 6.92 Å². The zero-order valence-electron chi connectivity index (χ0n) is 6.59. The third kappa shape index (κ3) is 1.19. The Hall–Kier alpha value is -1.44. The third-order valence-electron chi connectivity index (χ3n) is 1.74. The summed E-state index contributed by atoms with van der Waals surface area (Å²) in [6.45, 7) is 5.64. The van der Waals surface area contributed by atoms with E-state index < -0.39 is 0 Å². The van der Waals surface area contributed by atoms with Crippen LogP contribution in [0.4, 0.5) is 11.4 Å². The van der Waals surface area contributed by atoms with E-state index in [1.54, 1.807) is 12.1 Å². The molecule has 0 atom stereocenters. The third-order valence-corrected chi connectivity index (χ3v) is 1.74. The van der Waals surface area contributed by atoms with Crippen molar-refractivity contribution in [3.05, 3.63) is 29.8 Å². The van der Waals surface area contributed by atoms with E-state index in [0.717, 1.165) is 11.1 Å². The largest absolute Gasteiger partial charge is 0.397 e. The Morgan fingerprint density at radius 1 is 1.36 bits per heavy atom. The van der Waals surface area contributed by atoms with Crippen LogP contribution in [0.1, 0.15) is 11.1 Å². The highest BCUT2D eigenvalue weighted by atomic mass is 14.7. The van der Waals surface area contributed by atoms with Gasteiger partial charge in [0.25, 0.3) is 0 Å². The molecule has 0 spiro atoms. The fraction of sp³-hybridized carbons (Fsp3) is 0.111. The predicted octanol–water partition coefficient (Wildman–Crippen LogP) is 1.80. The van der Waals surface area contributed by atoms with Gasteiger partial charge < -0.3 is 11.5 Å². The molecule has 0 heterocycles. The lowest BCUT2D eigenvalue weighted by molar-refractivity contribution is 1.45. The van der Waals surface area contributed by atoms with E-state index in [2.05, 4.69) is 6.58 Å². The summed E-state index contributed by atoms with van der Waals surface area (Å²) in [7, 11) is 0. The Morgan fingerprint density at radius 2 is 2.00 bits per heavy atom. The standard InChI is InChI=1S/C9H12N2/c1-3-7-6(2)4-5-8(10)9(7)11/h3-5H,1,10-11H2,2H3. The highest BCUT2D eigenvalue weighted by Gasteiger charge is 2.01. The number of nitrogen functional groups attached to an aromatic ring is 2. The maximum Gasteiger partial charge on any atom is 0.0623 e. The van der Waals surface area contributed by atoms with Crippen LogP contribution in [0.5, 0.6) is 0 Å². The van der Waals surface area contributed by atoms with Gasteiger partial charge in [0, 0.05) is 5.56 Å². The van der Waals surface area contributed by atoms with Gasteiger partial charge in [-0.25, -0.2) is 0 Å². The van der Waals surface area contributed by atoms with Crippen molar-refractivity contribution in [2.75, 3.05) is 11.5 Å². The molecule has 0 radical (unpaired) electrons.